The maximum atomic E-state index is 12.2. The van der Waals surface area contributed by atoms with Gasteiger partial charge in [-0.2, -0.15) is 0 Å². The first-order valence-electron chi connectivity index (χ1n) is 8.48. The summed E-state index contributed by atoms with van der Waals surface area (Å²) in [5.74, 6) is 0.253. The van der Waals surface area contributed by atoms with E-state index in [0.717, 1.165) is 26.2 Å². The molecule has 2 N–H and O–H groups in total. The topological polar surface area (TPSA) is 44.4 Å². The Hall–Kier alpha value is -0.320. The second-order valence-corrected chi connectivity index (χ2v) is 7.11. The Balaban J connectivity index is 0.00000161. The van der Waals surface area contributed by atoms with E-state index in [1.165, 1.54) is 51.4 Å². The average molecular weight is 316 g/mol. The second kappa shape index (κ2) is 7.80. The Morgan fingerprint density at radius 2 is 1.86 bits per heavy atom. The molecule has 0 unspecified atom stereocenters. The molecule has 0 aromatic carbocycles. The predicted molar refractivity (Wildman–Crippen MR) is 87.9 cm³/mol. The van der Waals surface area contributed by atoms with Gasteiger partial charge in [-0.3, -0.25) is 9.69 Å². The quantitative estimate of drug-likeness (QED) is 0.836. The number of hydrogen-bond acceptors (Lipinski definition) is 3. The lowest BCUT2D eigenvalue weighted by atomic mass is 9.78. The first kappa shape index (κ1) is 17.0. The number of halogens is 1. The summed E-state index contributed by atoms with van der Waals surface area (Å²) in [5, 5.41) is 6.69. The normalized spacial score (nSPS) is 26.5. The molecule has 2 aliphatic heterocycles. The van der Waals surface area contributed by atoms with Crippen LogP contribution in [0.3, 0.4) is 0 Å². The van der Waals surface area contributed by atoms with E-state index in [4.69, 9.17) is 0 Å². The molecule has 122 valence electrons. The lowest BCUT2D eigenvalue weighted by Crippen LogP contribution is -2.43. The zero-order chi connectivity index (χ0) is 13.8. The van der Waals surface area contributed by atoms with Gasteiger partial charge in [0.2, 0.25) is 5.91 Å². The summed E-state index contributed by atoms with van der Waals surface area (Å²) in [4.78, 5) is 14.6. The van der Waals surface area contributed by atoms with Crippen molar-refractivity contribution in [1.29, 1.82) is 0 Å². The van der Waals surface area contributed by atoms with Gasteiger partial charge < -0.3 is 10.6 Å². The van der Waals surface area contributed by atoms with Crippen LogP contribution in [0.4, 0.5) is 0 Å². The monoisotopic (exact) mass is 315 g/mol. The SMILES string of the molecule is Cl.O=C(CN1CCC2(CCNCC2)C1)NC1CCCCC1. The van der Waals surface area contributed by atoms with Gasteiger partial charge in [-0.05, 0) is 57.2 Å². The van der Waals surface area contributed by atoms with Crippen LogP contribution >= 0.6 is 12.4 Å². The van der Waals surface area contributed by atoms with E-state index >= 15 is 0 Å². The van der Waals surface area contributed by atoms with Gasteiger partial charge in [0.25, 0.3) is 0 Å². The number of nitrogens with zero attached hydrogens (tertiary/aromatic N) is 1. The first-order chi connectivity index (χ1) is 9.76. The largest absolute Gasteiger partial charge is 0.352 e. The minimum absolute atomic E-state index is 0. The van der Waals surface area contributed by atoms with E-state index in [0.29, 0.717) is 18.0 Å². The van der Waals surface area contributed by atoms with E-state index in [1.54, 1.807) is 0 Å². The number of carbonyl (C=O) groups is 1. The minimum atomic E-state index is 0. The fourth-order valence-electron chi connectivity index (χ4n) is 4.25. The summed E-state index contributed by atoms with van der Waals surface area (Å²) < 4.78 is 0. The van der Waals surface area contributed by atoms with Gasteiger partial charge in [0.15, 0.2) is 0 Å². The fourth-order valence-corrected chi connectivity index (χ4v) is 4.25. The molecule has 21 heavy (non-hydrogen) atoms. The van der Waals surface area contributed by atoms with E-state index in [9.17, 15) is 4.79 Å². The summed E-state index contributed by atoms with van der Waals surface area (Å²) in [5.41, 5.74) is 0.510. The molecule has 0 aromatic rings. The summed E-state index contributed by atoms with van der Waals surface area (Å²) in [6, 6.07) is 0.451. The molecule has 3 rings (SSSR count). The van der Waals surface area contributed by atoms with Crippen LogP contribution in [0.2, 0.25) is 0 Å². The maximum Gasteiger partial charge on any atom is 0.234 e. The number of nitrogens with one attached hydrogen (secondary N) is 2. The van der Waals surface area contributed by atoms with Crippen molar-refractivity contribution in [2.24, 2.45) is 5.41 Å². The van der Waals surface area contributed by atoms with Crippen molar-refractivity contribution in [3.8, 4) is 0 Å². The van der Waals surface area contributed by atoms with Crippen molar-refractivity contribution in [2.75, 3.05) is 32.7 Å². The van der Waals surface area contributed by atoms with Crippen LogP contribution in [-0.4, -0.2) is 49.6 Å². The Morgan fingerprint density at radius 3 is 2.57 bits per heavy atom. The zero-order valence-electron chi connectivity index (χ0n) is 13.0. The van der Waals surface area contributed by atoms with Crippen LogP contribution in [0.1, 0.15) is 51.4 Å². The summed E-state index contributed by atoms with van der Waals surface area (Å²) in [6.07, 6.45) is 10.1. The van der Waals surface area contributed by atoms with Crippen molar-refractivity contribution < 1.29 is 4.79 Å². The average Bonchev–Trinajstić information content (AvgIpc) is 2.83. The van der Waals surface area contributed by atoms with Crippen molar-refractivity contribution in [1.82, 2.24) is 15.5 Å². The van der Waals surface area contributed by atoms with Crippen LogP contribution in [0.5, 0.6) is 0 Å². The minimum Gasteiger partial charge on any atom is -0.352 e. The molecule has 4 nitrogen and oxygen atoms in total. The van der Waals surface area contributed by atoms with E-state index in [-0.39, 0.29) is 18.3 Å². The molecule has 0 aromatic heterocycles. The highest BCUT2D eigenvalue weighted by atomic mass is 35.5. The van der Waals surface area contributed by atoms with Gasteiger partial charge in [-0.15, -0.1) is 12.4 Å². The van der Waals surface area contributed by atoms with Crippen molar-refractivity contribution in [3.05, 3.63) is 0 Å². The Kier molecular flexibility index (Phi) is 6.33. The van der Waals surface area contributed by atoms with Crippen molar-refractivity contribution in [3.63, 3.8) is 0 Å². The summed E-state index contributed by atoms with van der Waals surface area (Å²) >= 11 is 0. The second-order valence-electron chi connectivity index (χ2n) is 7.11. The number of piperidine rings is 1. The van der Waals surface area contributed by atoms with Crippen LogP contribution in [0.25, 0.3) is 0 Å². The van der Waals surface area contributed by atoms with Crippen molar-refractivity contribution >= 4 is 18.3 Å². The molecule has 0 bridgehead atoms. The van der Waals surface area contributed by atoms with E-state index in [2.05, 4.69) is 15.5 Å². The van der Waals surface area contributed by atoms with E-state index in [1.807, 2.05) is 0 Å². The highest BCUT2D eigenvalue weighted by molar-refractivity contribution is 5.85. The number of hydrogen-bond donors (Lipinski definition) is 2. The molecule has 2 heterocycles. The molecule has 1 amide bonds. The summed E-state index contributed by atoms with van der Waals surface area (Å²) in [7, 11) is 0. The first-order valence-corrected chi connectivity index (χ1v) is 8.48. The highest BCUT2D eigenvalue weighted by Crippen LogP contribution is 2.38. The molecule has 1 spiro atoms. The number of likely N-dealkylation sites (tertiary alicyclic amines) is 1. The predicted octanol–water partition coefficient (Wildman–Crippen LogP) is 1.93. The molecular weight excluding hydrogens is 286 g/mol. The molecule has 3 aliphatic rings. The van der Waals surface area contributed by atoms with Crippen LogP contribution in [0.15, 0.2) is 0 Å². The third-order valence-electron chi connectivity index (χ3n) is 5.52. The molecule has 5 heteroatoms. The molecule has 1 aliphatic carbocycles. The maximum absolute atomic E-state index is 12.2. The van der Waals surface area contributed by atoms with E-state index < -0.39 is 0 Å². The fraction of sp³-hybridized carbons (Fsp3) is 0.938. The standard InChI is InChI=1S/C16H29N3O.ClH/c20-15(18-14-4-2-1-3-5-14)12-19-11-8-16(13-19)6-9-17-10-7-16;/h14,17H,1-13H2,(H,18,20);1H. The third-order valence-corrected chi connectivity index (χ3v) is 5.52. The van der Waals surface area contributed by atoms with Crippen LogP contribution < -0.4 is 10.6 Å². The lowest BCUT2D eigenvalue weighted by Gasteiger charge is -2.34. The summed E-state index contributed by atoms with van der Waals surface area (Å²) in [6.45, 7) is 5.17. The Bertz CT molecular complexity index is 338. The lowest BCUT2D eigenvalue weighted by molar-refractivity contribution is -0.123. The van der Waals surface area contributed by atoms with Crippen molar-refractivity contribution in [2.45, 2.75) is 57.4 Å². The van der Waals surface area contributed by atoms with Gasteiger partial charge in [0.1, 0.15) is 0 Å². The highest BCUT2D eigenvalue weighted by Gasteiger charge is 2.39. The smallest absolute Gasteiger partial charge is 0.234 e. The van der Waals surface area contributed by atoms with Gasteiger partial charge in [0.05, 0.1) is 6.54 Å². The van der Waals surface area contributed by atoms with Crippen LogP contribution in [-0.2, 0) is 4.79 Å². The number of rotatable bonds is 3. The number of carbonyl (C=O) groups excluding carboxylic acids is 1. The third kappa shape index (κ3) is 4.57. The molecule has 0 radical (unpaired) electrons. The van der Waals surface area contributed by atoms with Crippen LogP contribution in [0, 0.1) is 5.41 Å². The zero-order valence-corrected chi connectivity index (χ0v) is 13.8. The molecule has 3 fully saturated rings. The molecule has 2 saturated heterocycles. The van der Waals surface area contributed by atoms with Gasteiger partial charge in [-0.1, -0.05) is 19.3 Å². The van der Waals surface area contributed by atoms with Gasteiger partial charge in [-0.25, -0.2) is 0 Å². The van der Waals surface area contributed by atoms with Gasteiger partial charge >= 0.3 is 0 Å². The van der Waals surface area contributed by atoms with Gasteiger partial charge in [0, 0.05) is 12.6 Å². The molecular formula is C16H30ClN3O. The Labute approximate surface area is 134 Å². The molecule has 1 saturated carbocycles. The number of amides is 1. The molecule has 0 atom stereocenters. The Morgan fingerprint density at radius 1 is 1.14 bits per heavy atom.